The molecule has 1 atom stereocenters. The molecule has 22 heavy (non-hydrogen) atoms. The van der Waals surface area contributed by atoms with E-state index in [2.05, 4.69) is 20.8 Å². The van der Waals surface area contributed by atoms with Gasteiger partial charge in [-0.1, -0.05) is 33.3 Å². The van der Waals surface area contributed by atoms with Crippen molar-refractivity contribution in [1.82, 2.24) is 0 Å². The molecular formula is C19H30O3. The molecule has 1 unspecified atom stereocenters. The first-order valence-electron chi connectivity index (χ1n) is 7.94. The lowest BCUT2D eigenvalue weighted by Gasteiger charge is -2.36. The van der Waals surface area contributed by atoms with E-state index in [1.807, 2.05) is 13.0 Å². The van der Waals surface area contributed by atoms with Gasteiger partial charge in [-0.3, -0.25) is 9.59 Å². The number of ketones is 3. The average molecular weight is 306 g/mol. The van der Waals surface area contributed by atoms with Gasteiger partial charge in [0.05, 0.1) is 0 Å². The van der Waals surface area contributed by atoms with Crippen LogP contribution in [0.3, 0.4) is 0 Å². The van der Waals surface area contributed by atoms with Crippen molar-refractivity contribution in [3.8, 4) is 0 Å². The van der Waals surface area contributed by atoms with Gasteiger partial charge in [0, 0.05) is 5.92 Å². The smallest absolute Gasteiger partial charge is 0.161 e. The fourth-order valence-corrected chi connectivity index (χ4v) is 2.90. The van der Waals surface area contributed by atoms with Gasteiger partial charge >= 0.3 is 0 Å². The third-order valence-electron chi connectivity index (χ3n) is 3.75. The van der Waals surface area contributed by atoms with Crippen molar-refractivity contribution in [3.05, 3.63) is 23.3 Å². The summed E-state index contributed by atoms with van der Waals surface area (Å²) in [6, 6.07) is 0. The number of hydrogen-bond donors (Lipinski definition) is 0. The maximum Gasteiger partial charge on any atom is 0.161 e. The molecule has 0 aromatic heterocycles. The lowest BCUT2D eigenvalue weighted by atomic mass is 9.67. The third kappa shape index (κ3) is 6.50. The van der Waals surface area contributed by atoms with E-state index in [1.54, 1.807) is 6.08 Å². The van der Waals surface area contributed by atoms with E-state index in [0.717, 1.165) is 30.4 Å². The minimum atomic E-state index is -0.0240. The van der Waals surface area contributed by atoms with Gasteiger partial charge in [0.25, 0.3) is 0 Å². The molecule has 0 fully saturated rings. The van der Waals surface area contributed by atoms with Crippen molar-refractivity contribution in [2.24, 2.45) is 11.3 Å². The summed E-state index contributed by atoms with van der Waals surface area (Å²) in [7, 11) is 0. The van der Waals surface area contributed by atoms with Crippen LogP contribution in [0.15, 0.2) is 23.3 Å². The molecule has 0 N–H and O–H groups in total. The third-order valence-corrected chi connectivity index (χ3v) is 3.75. The van der Waals surface area contributed by atoms with E-state index >= 15 is 0 Å². The molecule has 0 saturated heterocycles. The number of carbonyl (C=O) groups is 3. The van der Waals surface area contributed by atoms with E-state index in [1.165, 1.54) is 20.8 Å². The Hall–Kier alpha value is -1.51. The topological polar surface area (TPSA) is 51.2 Å². The Bertz CT molecular complexity index is 489. The van der Waals surface area contributed by atoms with Crippen LogP contribution in [-0.4, -0.2) is 17.3 Å². The van der Waals surface area contributed by atoms with Crippen LogP contribution in [0.25, 0.3) is 0 Å². The van der Waals surface area contributed by atoms with Crippen LogP contribution >= 0.6 is 0 Å². The number of rotatable bonds is 4. The second-order valence-corrected chi connectivity index (χ2v) is 6.83. The molecule has 0 radical (unpaired) electrons. The van der Waals surface area contributed by atoms with Crippen molar-refractivity contribution in [3.63, 3.8) is 0 Å². The van der Waals surface area contributed by atoms with Gasteiger partial charge in [-0.15, -0.1) is 0 Å². The van der Waals surface area contributed by atoms with Crippen LogP contribution in [0.4, 0.5) is 0 Å². The fourth-order valence-electron chi connectivity index (χ4n) is 2.90. The van der Waals surface area contributed by atoms with E-state index in [4.69, 9.17) is 0 Å². The molecule has 3 heteroatoms. The molecule has 0 aliphatic heterocycles. The highest BCUT2D eigenvalue weighted by molar-refractivity contribution is 5.99. The summed E-state index contributed by atoms with van der Waals surface area (Å²) >= 11 is 0. The second kappa shape index (κ2) is 8.82. The van der Waals surface area contributed by atoms with Crippen LogP contribution in [-0.2, 0) is 14.4 Å². The maximum atomic E-state index is 12.3. The standard InChI is InChI=1S/C16H24O2.C3H6O/c1-6-7-13-10-16(4,5)14(9-8-11(2)17)12(3)15(13)18;1-3(2)4/h8-9,13H,6-7,10H2,1-5H3;1-2H3/b9-8+;. The molecule has 1 aliphatic carbocycles. The molecule has 0 heterocycles. The molecule has 0 aromatic rings. The van der Waals surface area contributed by atoms with Gasteiger partial charge in [-0.25, -0.2) is 0 Å². The van der Waals surface area contributed by atoms with Gasteiger partial charge < -0.3 is 4.79 Å². The molecule has 3 nitrogen and oxygen atoms in total. The predicted molar refractivity (Wildman–Crippen MR) is 90.7 cm³/mol. The van der Waals surface area contributed by atoms with E-state index in [-0.39, 0.29) is 28.7 Å². The number of hydrogen-bond acceptors (Lipinski definition) is 3. The summed E-state index contributed by atoms with van der Waals surface area (Å²) in [6.07, 6.45) is 6.28. The van der Waals surface area contributed by atoms with Gasteiger partial charge in [0.1, 0.15) is 5.78 Å². The highest BCUT2D eigenvalue weighted by Crippen LogP contribution is 2.43. The van der Waals surface area contributed by atoms with Crippen molar-refractivity contribution in [2.75, 3.05) is 0 Å². The molecule has 0 spiro atoms. The van der Waals surface area contributed by atoms with Crippen LogP contribution < -0.4 is 0 Å². The summed E-state index contributed by atoms with van der Waals surface area (Å²) in [5, 5.41) is 0. The van der Waals surface area contributed by atoms with Crippen LogP contribution in [0, 0.1) is 11.3 Å². The van der Waals surface area contributed by atoms with Crippen LogP contribution in [0.2, 0.25) is 0 Å². The number of carbonyl (C=O) groups excluding carboxylic acids is 3. The quantitative estimate of drug-likeness (QED) is 0.721. The zero-order valence-corrected chi connectivity index (χ0v) is 15.1. The molecular weight excluding hydrogens is 276 g/mol. The normalized spacial score (nSPS) is 20.7. The first kappa shape index (κ1) is 20.5. The Balaban J connectivity index is 0.000000980. The predicted octanol–water partition coefficient (Wildman–Crippen LogP) is 4.46. The second-order valence-electron chi connectivity index (χ2n) is 6.83. The molecule has 0 saturated carbocycles. The van der Waals surface area contributed by atoms with Crippen molar-refractivity contribution in [1.29, 1.82) is 0 Å². The molecule has 0 aromatic carbocycles. The first-order chi connectivity index (χ1) is 10.0. The number of Topliss-reactive ketones (excluding diaryl/α,β-unsaturated/α-hetero) is 2. The number of allylic oxidation sites excluding steroid dienone is 4. The van der Waals surface area contributed by atoms with Crippen molar-refractivity contribution in [2.45, 2.75) is 67.7 Å². The summed E-state index contributed by atoms with van der Waals surface area (Å²) in [5.41, 5.74) is 1.83. The summed E-state index contributed by atoms with van der Waals surface area (Å²) in [5.74, 6) is 0.605. The SMILES string of the molecule is CC(C)=O.CCCC1CC(C)(C)C(/C=C/C(C)=O)=C(C)C1=O. The lowest BCUT2D eigenvalue weighted by Crippen LogP contribution is -2.32. The minimum absolute atomic E-state index is 0.0224. The summed E-state index contributed by atoms with van der Waals surface area (Å²) < 4.78 is 0. The maximum absolute atomic E-state index is 12.3. The van der Waals surface area contributed by atoms with Crippen molar-refractivity contribution < 1.29 is 14.4 Å². The summed E-state index contributed by atoms with van der Waals surface area (Å²) in [6.45, 7) is 12.9. The van der Waals surface area contributed by atoms with E-state index < -0.39 is 0 Å². The van der Waals surface area contributed by atoms with Gasteiger partial charge in [0.15, 0.2) is 11.6 Å². The Morgan fingerprint density at radius 3 is 2.14 bits per heavy atom. The monoisotopic (exact) mass is 306 g/mol. The van der Waals surface area contributed by atoms with Crippen LogP contribution in [0.5, 0.6) is 0 Å². The lowest BCUT2D eigenvalue weighted by molar-refractivity contribution is -0.121. The van der Waals surface area contributed by atoms with Crippen molar-refractivity contribution >= 4 is 17.3 Å². The highest BCUT2D eigenvalue weighted by atomic mass is 16.1. The van der Waals surface area contributed by atoms with Gasteiger partial charge in [-0.05, 0) is 63.2 Å². The average Bonchev–Trinajstić information content (AvgIpc) is 2.34. The van der Waals surface area contributed by atoms with E-state index in [0.29, 0.717) is 0 Å². The first-order valence-corrected chi connectivity index (χ1v) is 7.94. The van der Waals surface area contributed by atoms with E-state index in [9.17, 15) is 14.4 Å². The Morgan fingerprint density at radius 2 is 1.73 bits per heavy atom. The Kier molecular flexibility index (Phi) is 8.21. The zero-order valence-electron chi connectivity index (χ0n) is 15.1. The van der Waals surface area contributed by atoms with Gasteiger partial charge in [0.2, 0.25) is 0 Å². The molecule has 0 bridgehead atoms. The molecule has 0 amide bonds. The molecule has 124 valence electrons. The molecule has 1 rings (SSSR count). The highest BCUT2D eigenvalue weighted by Gasteiger charge is 2.36. The largest absolute Gasteiger partial charge is 0.300 e. The molecule has 1 aliphatic rings. The van der Waals surface area contributed by atoms with Crippen LogP contribution in [0.1, 0.15) is 67.7 Å². The zero-order chi connectivity index (χ0) is 17.5. The van der Waals surface area contributed by atoms with Gasteiger partial charge in [-0.2, -0.15) is 0 Å². The Labute approximate surface area is 134 Å². The Morgan fingerprint density at radius 1 is 1.23 bits per heavy atom. The summed E-state index contributed by atoms with van der Waals surface area (Å²) in [4.78, 5) is 32.8. The fraction of sp³-hybridized carbons (Fsp3) is 0.632. The minimum Gasteiger partial charge on any atom is -0.300 e.